The van der Waals surface area contributed by atoms with Gasteiger partial charge in [0.05, 0.1) is 4.58 Å². The number of hydrogen-bond acceptors (Lipinski definition) is 5. The number of thioether (sulfide) groups is 2. The first kappa shape index (κ1) is 18.5. The van der Waals surface area contributed by atoms with Crippen molar-refractivity contribution in [2.45, 2.75) is 30.3 Å². The smallest absolute Gasteiger partial charge is 0.260 e. The van der Waals surface area contributed by atoms with Crippen molar-refractivity contribution in [2.24, 2.45) is 5.41 Å². The molecule has 1 aromatic carbocycles. The lowest BCUT2D eigenvalue weighted by Crippen LogP contribution is -2.45. The maximum atomic E-state index is 12.5. The number of ether oxygens (including phenoxy) is 1. The highest BCUT2D eigenvalue weighted by Crippen LogP contribution is 2.43. The van der Waals surface area contributed by atoms with E-state index in [0.29, 0.717) is 10.00 Å². The van der Waals surface area contributed by atoms with E-state index < -0.39 is 0 Å². The number of amides is 1. The molecule has 0 bridgehead atoms. The van der Waals surface area contributed by atoms with Gasteiger partial charge in [0.15, 0.2) is 6.61 Å². The van der Waals surface area contributed by atoms with Crippen LogP contribution in [-0.2, 0) is 4.79 Å². The van der Waals surface area contributed by atoms with Crippen LogP contribution in [0.1, 0.15) is 35.8 Å². The van der Waals surface area contributed by atoms with Crippen LogP contribution in [0.3, 0.4) is 0 Å². The molecule has 0 radical (unpaired) electrons. The van der Waals surface area contributed by atoms with Gasteiger partial charge in [0.2, 0.25) is 0 Å². The Morgan fingerprint density at radius 2 is 1.88 bits per heavy atom. The van der Waals surface area contributed by atoms with E-state index in [9.17, 15) is 4.79 Å². The second-order valence-corrected chi connectivity index (χ2v) is 10.3. The number of rotatable bonds is 4. The summed E-state index contributed by atoms with van der Waals surface area (Å²) in [5.41, 5.74) is 1.80. The van der Waals surface area contributed by atoms with Gasteiger partial charge in [-0.25, -0.2) is 0 Å². The first-order chi connectivity index (χ1) is 12.7. The standard InChI is InChI=1S/C20H28N2O2S2/c23-18(22-10-7-20(8-11-22)6-9-21-15-20)14-24-17-4-2-16(3-5-17)19-25-12-1-13-26-19/h2-5,19,21H,1,6-15H2. The molecule has 1 N–H and O–H groups in total. The molecule has 0 aliphatic carbocycles. The lowest BCUT2D eigenvalue weighted by Gasteiger charge is -2.38. The molecule has 0 aromatic heterocycles. The van der Waals surface area contributed by atoms with Crippen LogP contribution in [0.25, 0.3) is 0 Å². The third-order valence-corrected chi connectivity index (χ3v) is 8.87. The van der Waals surface area contributed by atoms with Crippen LogP contribution in [0.4, 0.5) is 0 Å². The largest absolute Gasteiger partial charge is 0.484 e. The number of likely N-dealkylation sites (tertiary alicyclic amines) is 1. The molecule has 26 heavy (non-hydrogen) atoms. The number of nitrogens with zero attached hydrogens (tertiary/aromatic N) is 1. The first-order valence-corrected chi connectivity index (χ1v) is 11.8. The molecular formula is C20H28N2O2S2. The maximum absolute atomic E-state index is 12.5. The van der Waals surface area contributed by atoms with E-state index in [1.165, 1.54) is 29.9 Å². The molecule has 3 fully saturated rings. The van der Waals surface area contributed by atoms with Crippen molar-refractivity contribution in [3.63, 3.8) is 0 Å². The van der Waals surface area contributed by atoms with Crippen LogP contribution in [0.2, 0.25) is 0 Å². The Morgan fingerprint density at radius 3 is 2.54 bits per heavy atom. The Kier molecular flexibility index (Phi) is 6.01. The minimum Gasteiger partial charge on any atom is -0.484 e. The Hall–Kier alpha value is -0.850. The summed E-state index contributed by atoms with van der Waals surface area (Å²) in [5.74, 6) is 3.41. The SMILES string of the molecule is O=C(COc1ccc(C2SCCCS2)cc1)N1CCC2(CCNC2)CC1. The zero-order valence-electron chi connectivity index (χ0n) is 15.2. The summed E-state index contributed by atoms with van der Waals surface area (Å²) in [4.78, 5) is 14.4. The maximum Gasteiger partial charge on any atom is 0.260 e. The van der Waals surface area contributed by atoms with E-state index in [1.807, 2.05) is 40.6 Å². The second-order valence-electron chi connectivity index (χ2n) is 7.59. The molecular weight excluding hydrogens is 364 g/mol. The lowest BCUT2D eigenvalue weighted by atomic mass is 9.78. The van der Waals surface area contributed by atoms with Gasteiger partial charge in [-0.15, -0.1) is 23.5 Å². The molecule has 3 aliphatic rings. The monoisotopic (exact) mass is 392 g/mol. The average molecular weight is 393 g/mol. The third kappa shape index (κ3) is 4.34. The number of nitrogens with one attached hydrogen (secondary N) is 1. The van der Waals surface area contributed by atoms with E-state index in [1.54, 1.807) is 0 Å². The van der Waals surface area contributed by atoms with Crippen LogP contribution < -0.4 is 10.1 Å². The quantitative estimate of drug-likeness (QED) is 0.849. The first-order valence-electron chi connectivity index (χ1n) is 9.69. The van der Waals surface area contributed by atoms with Gasteiger partial charge in [-0.1, -0.05) is 12.1 Å². The molecule has 1 aromatic rings. The number of benzene rings is 1. The molecule has 142 valence electrons. The van der Waals surface area contributed by atoms with Crippen LogP contribution in [0.15, 0.2) is 24.3 Å². The van der Waals surface area contributed by atoms with E-state index in [4.69, 9.17) is 4.74 Å². The fraction of sp³-hybridized carbons (Fsp3) is 0.650. The van der Waals surface area contributed by atoms with Crippen LogP contribution in [-0.4, -0.2) is 55.1 Å². The summed E-state index contributed by atoms with van der Waals surface area (Å²) >= 11 is 4.05. The van der Waals surface area contributed by atoms with E-state index in [0.717, 1.165) is 44.8 Å². The predicted octanol–water partition coefficient (Wildman–Crippen LogP) is 3.54. The Labute approximate surface area is 164 Å². The minimum atomic E-state index is 0.119. The van der Waals surface area contributed by atoms with Gasteiger partial charge < -0.3 is 15.0 Å². The zero-order chi connectivity index (χ0) is 17.8. The van der Waals surface area contributed by atoms with E-state index >= 15 is 0 Å². The highest BCUT2D eigenvalue weighted by molar-refractivity contribution is 8.16. The Bertz CT molecular complexity index is 601. The van der Waals surface area contributed by atoms with Crippen molar-refractivity contribution >= 4 is 29.4 Å². The molecule has 0 saturated carbocycles. The van der Waals surface area contributed by atoms with E-state index in [-0.39, 0.29) is 12.5 Å². The fourth-order valence-electron chi connectivity index (χ4n) is 4.09. The van der Waals surface area contributed by atoms with Crippen molar-refractivity contribution < 1.29 is 9.53 Å². The highest BCUT2D eigenvalue weighted by Gasteiger charge is 2.38. The summed E-state index contributed by atoms with van der Waals surface area (Å²) in [6.07, 6.45) is 4.81. The molecule has 4 nitrogen and oxygen atoms in total. The summed E-state index contributed by atoms with van der Waals surface area (Å²) in [6, 6.07) is 8.31. The molecule has 1 amide bonds. The molecule has 3 heterocycles. The van der Waals surface area contributed by atoms with Gasteiger partial charge >= 0.3 is 0 Å². The molecule has 1 spiro atoms. The molecule has 4 rings (SSSR count). The summed E-state index contributed by atoms with van der Waals surface area (Å²) in [7, 11) is 0. The highest BCUT2D eigenvalue weighted by atomic mass is 32.2. The molecule has 3 saturated heterocycles. The van der Waals surface area contributed by atoms with Gasteiger partial charge in [-0.3, -0.25) is 4.79 Å². The van der Waals surface area contributed by atoms with Crippen molar-refractivity contribution in [3.05, 3.63) is 29.8 Å². The molecule has 6 heteroatoms. The summed E-state index contributed by atoms with van der Waals surface area (Å²) in [5, 5.41) is 3.47. The zero-order valence-corrected chi connectivity index (χ0v) is 16.9. The van der Waals surface area contributed by atoms with Gasteiger partial charge in [-0.05, 0) is 66.8 Å². The Morgan fingerprint density at radius 1 is 1.15 bits per heavy atom. The van der Waals surface area contributed by atoms with Crippen molar-refractivity contribution in [3.8, 4) is 5.75 Å². The van der Waals surface area contributed by atoms with E-state index in [2.05, 4.69) is 17.4 Å². The van der Waals surface area contributed by atoms with Crippen molar-refractivity contribution in [1.29, 1.82) is 0 Å². The number of hydrogen-bond donors (Lipinski definition) is 1. The number of carbonyl (C=O) groups excluding carboxylic acids is 1. The van der Waals surface area contributed by atoms with Crippen LogP contribution >= 0.6 is 23.5 Å². The van der Waals surface area contributed by atoms with Gasteiger partial charge in [-0.2, -0.15) is 0 Å². The predicted molar refractivity (Wildman–Crippen MR) is 110 cm³/mol. The average Bonchev–Trinajstić information content (AvgIpc) is 3.16. The normalized spacial score (nSPS) is 23.3. The van der Waals surface area contributed by atoms with Gasteiger partial charge in [0.1, 0.15) is 5.75 Å². The Balaban J connectivity index is 1.24. The lowest BCUT2D eigenvalue weighted by molar-refractivity contribution is -0.135. The molecule has 3 aliphatic heterocycles. The summed E-state index contributed by atoms with van der Waals surface area (Å²) in [6.45, 7) is 4.15. The summed E-state index contributed by atoms with van der Waals surface area (Å²) < 4.78 is 6.31. The van der Waals surface area contributed by atoms with Crippen molar-refractivity contribution in [2.75, 3.05) is 44.3 Å². The van der Waals surface area contributed by atoms with Crippen LogP contribution in [0, 0.1) is 5.41 Å². The fourth-order valence-corrected chi connectivity index (χ4v) is 6.98. The number of carbonyl (C=O) groups is 1. The third-order valence-electron chi connectivity index (χ3n) is 5.85. The van der Waals surface area contributed by atoms with Gasteiger partial charge in [0, 0.05) is 19.6 Å². The minimum absolute atomic E-state index is 0.119. The second kappa shape index (κ2) is 8.44. The molecule has 0 unspecified atom stereocenters. The van der Waals surface area contributed by atoms with Crippen molar-refractivity contribution in [1.82, 2.24) is 10.2 Å². The number of piperidine rings is 1. The van der Waals surface area contributed by atoms with Gasteiger partial charge in [0.25, 0.3) is 5.91 Å². The molecule has 0 atom stereocenters. The topological polar surface area (TPSA) is 41.6 Å². The van der Waals surface area contributed by atoms with Crippen LogP contribution in [0.5, 0.6) is 5.75 Å².